The van der Waals surface area contributed by atoms with Crippen LogP contribution in [-0.2, 0) is 16.2 Å². The molecule has 1 aromatic rings. The van der Waals surface area contributed by atoms with Crippen molar-refractivity contribution < 1.29 is 26.7 Å². The highest BCUT2D eigenvalue weighted by Gasteiger charge is 2.38. The Labute approximate surface area is 156 Å². The summed E-state index contributed by atoms with van der Waals surface area (Å²) < 4.78 is 63.2. The zero-order valence-electron chi connectivity index (χ0n) is 14.8. The summed E-state index contributed by atoms with van der Waals surface area (Å²) in [4.78, 5) is 3.18. The molecule has 2 unspecified atom stereocenters. The van der Waals surface area contributed by atoms with Crippen LogP contribution in [-0.4, -0.2) is 56.7 Å². The van der Waals surface area contributed by atoms with Gasteiger partial charge in [0.1, 0.15) is 0 Å². The molecule has 3 rings (SSSR count). The fourth-order valence-corrected chi connectivity index (χ4v) is 4.88. The molecule has 3 N–H and O–H groups in total. The van der Waals surface area contributed by atoms with Crippen LogP contribution in [0.1, 0.15) is 31.2 Å². The molecule has 152 valence electrons. The molecule has 0 bridgehead atoms. The molecule has 0 aromatic heterocycles. The number of sulfonamides is 1. The number of rotatable bonds is 5. The van der Waals surface area contributed by atoms with Gasteiger partial charge < -0.3 is 10.0 Å². The third-order valence-corrected chi connectivity index (χ3v) is 6.41. The lowest BCUT2D eigenvalue weighted by molar-refractivity contribution is -0.139. The highest BCUT2D eigenvalue weighted by Crippen LogP contribution is 2.38. The standard InChI is InChI=1S/C17H24F3N3O3S/c18-17(19,20)15-9-12(5-6-16(15)27(21,25)26)23-8-2-3-13(23)10-22-7-1-4-14(22)11-24/h5-6,9,13-14,24H,1-4,7-8,10-11H2,(H2,21,25,26). The van der Waals surface area contributed by atoms with Gasteiger partial charge in [0.25, 0.3) is 0 Å². The summed E-state index contributed by atoms with van der Waals surface area (Å²) in [6, 6.07) is 3.34. The first-order valence-electron chi connectivity index (χ1n) is 8.97. The second kappa shape index (κ2) is 7.57. The molecule has 2 saturated heterocycles. The number of nitrogens with zero attached hydrogens (tertiary/aromatic N) is 2. The third kappa shape index (κ3) is 4.39. The molecule has 2 atom stereocenters. The number of likely N-dealkylation sites (tertiary alicyclic amines) is 1. The van der Waals surface area contributed by atoms with Gasteiger partial charge in [-0.2, -0.15) is 13.2 Å². The van der Waals surface area contributed by atoms with Gasteiger partial charge in [-0.1, -0.05) is 0 Å². The molecule has 0 amide bonds. The minimum Gasteiger partial charge on any atom is -0.395 e. The van der Waals surface area contributed by atoms with E-state index in [0.29, 0.717) is 18.8 Å². The van der Waals surface area contributed by atoms with Crippen LogP contribution < -0.4 is 10.0 Å². The van der Waals surface area contributed by atoms with E-state index < -0.39 is 26.7 Å². The predicted octanol–water partition coefficient (Wildman–Crippen LogP) is 1.78. The maximum atomic E-state index is 13.4. The molecule has 2 aliphatic rings. The Bertz CT molecular complexity index is 785. The largest absolute Gasteiger partial charge is 0.417 e. The van der Waals surface area contributed by atoms with Crippen molar-refractivity contribution in [3.63, 3.8) is 0 Å². The monoisotopic (exact) mass is 407 g/mol. The van der Waals surface area contributed by atoms with Gasteiger partial charge in [-0.3, -0.25) is 4.90 Å². The van der Waals surface area contributed by atoms with Gasteiger partial charge in [0.15, 0.2) is 0 Å². The molecule has 2 fully saturated rings. The molecule has 0 radical (unpaired) electrons. The highest BCUT2D eigenvalue weighted by atomic mass is 32.2. The Morgan fingerprint density at radius 1 is 1.15 bits per heavy atom. The lowest BCUT2D eigenvalue weighted by Crippen LogP contribution is -2.43. The van der Waals surface area contributed by atoms with E-state index in [-0.39, 0.29) is 18.7 Å². The average molecular weight is 407 g/mol. The maximum absolute atomic E-state index is 13.4. The molecule has 2 aliphatic heterocycles. The Kier molecular flexibility index (Phi) is 5.72. The van der Waals surface area contributed by atoms with Gasteiger partial charge in [-0.05, 0) is 50.4 Å². The zero-order valence-corrected chi connectivity index (χ0v) is 15.6. The Morgan fingerprint density at radius 3 is 2.44 bits per heavy atom. The molecular weight excluding hydrogens is 383 g/mol. The van der Waals surface area contributed by atoms with Crippen molar-refractivity contribution >= 4 is 15.7 Å². The molecule has 0 saturated carbocycles. The summed E-state index contributed by atoms with van der Waals surface area (Å²) in [6.07, 6.45) is -1.21. The van der Waals surface area contributed by atoms with E-state index >= 15 is 0 Å². The van der Waals surface area contributed by atoms with Crippen LogP contribution in [0.25, 0.3) is 0 Å². The summed E-state index contributed by atoms with van der Waals surface area (Å²) in [6.45, 7) is 2.22. The number of nitrogens with two attached hydrogens (primary N) is 1. The number of halogens is 3. The van der Waals surface area contributed by atoms with Crippen molar-refractivity contribution in [1.29, 1.82) is 0 Å². The first-order valence-corrected chi connectivity index (χ1v) is 10.5. The number of aliphatic hydroxyl groups is 1. The van der Waals surface area contributed by atoms with Crippen molar-refractivity contribution in [2.75, 3.05) is 31.1 Å². The third-order valence-electron chi connectivity index (χ3n) is 5.44. The van der Waals surface area contributed by atoms with Crippen molar-refractivity contribution in [3.8, 4) is 0 Å². The van der Waals surface area contributed by atoms with E-state index in [1.165, 1.54) is 6.07 Å². The minimum atomic E-state index is -4.82. The summed E-state index contributed by atoms with van der Waals surface area (Å²) in [5, 5.41) is 14.4. The molecular formula is C17H24F3N3O3S. The summed E-state index contributed by atoms with van der Waals surface area (Å²) in [5.74, 6) is 0. The topological polar surface area (TPSA) is 86.9 Å². The van der Waals surface area contributed by atoms with Crippen LogP contribution in [0.4, 0.5) is 18.9 Å². The average Bonchev–Trinajstić information content (AvgIpc) is 3.22. The lowest BCUT2D eigenvalue weighted by Gasteiger charge is -2.33. The van der Waals surface area contributed by atoms with Gasteiger partial charge in [0, 0.05) is 30.9 Å². The number of benzene rings is 1. The van der Waals surface area contributed by atoms with Gasteiger partial charge in [0.2, 0.25) is 10.0 Å². The molecule has 1 aromatic carbocycles. The highest BCUT2D eigenvalue weighted by molar-refractivity contribution is 7.89. The number of aliphatic hydroxyl groups excluding tert-OH is 1. The van der Waals surface area contributed by atoms with E-state index in [1.54, 1.807) is 0 Å². The van der Waals surface area contributed by atoms with Gasteiger partial charge >= 0.3 is 6.18 Å². The van der Waals surface area contributed by atoms with Crippen LogP contribution in [0.3, 0.4) is 0 Å². The molecule has 27 heavy (non-hydrogen) atoms. The van der Waals surface area contributed by atoms with Gasteiger partial charge in [-0.25, -0.2) is 13.6 Å². The summed E-state index contributed by atoms with van der Waals surface area (Å²) >= 11 is 0. The predicted molar refractivity (Wildman–Crippen MR) is 94.9 cm³/mol. The lowest BCUT2D eigenvalue weighted by atomic mass is 10.1. The Hall–Kier alpha value is -1.36. The smallest absolute Gasteiger partial charge is 0.395 e. The van der Waals surface area contributed by atoms with Gasteiger partial charge in [0.05, 0.1) is 17.1 Å². The first kappa shape index (κ1) is 20.4. The number of primary sulfonamides is 1. The van der Waals surface area contributed by atoms with Crippen molar-refractivity contribution in [2.45, 2.75) is 48.8 Å². The minimum absolute atomic E-state index is 0.0265. The molecule has 0 spiro atoms. The Morgan fingerprint density at radius 2 is 1.81 bits per heavy atom. The van der Waals surface area contributed by atoms with Crippen LogP contribution in [0.5, 0.6) is 0 Å². The molecule has 0 aliphatic carbocycles. The number of hydrogen-bond donors (Lipinski definition) is 2. The fourth-order valence-electron chi connectivity index (χ4n) is 4.14. The van der Waals surface area contributed by atoms with E-state index in [1.807, 2.05) is 4.90 Å². The normalized spacial score (nSPS) is 24.7. The van der Waals surface area contributed by atoms with Crippen LogP contribution in [0, 0.1) is 0 Å². The number of alkyl halides is 3. The SMILES string of the molecule is NS(=O)(=O)c1ccc(N2CCCC2CN2CCCC2CO)cc1C(F)(F)F. The van der Waals surface area contributed by atoms with Crippen LogP contribution >= 0.6 is 0 Å². The van der Waals surface area contributed by atoms with E-state index in [2.05, 4.69) is 4.90 Å². The second-order valence-electron chi connectivity index (χ2n) is 7.19. The van der Waals surface area contributed by atoms with Crippen molar-refractivity contribution in [1.82, 2.24) is 4.90 Å². The van der Waals surface area contributed by atoms with E-state index in [0.717, 1.165) is 44.4 Å². The first-order chi connectivity index (χ1) is 12.6. The number of hydrogen-bond acceptors (Lipinski definition) is 5. The van der Waals surface area contributed by atoms with Crippen LogP contribution in [0.2, 0.25) is 0 Å². The summed E-state index contributed by atoms with van der Waals surface area (Å²) in [7, 11) is -4.47. The van der Waals surface area contributed by atoms with Crippen molar-refractivity contribution in [3.05, 3.63) is 23.8 Å². The fraction of sp³-hybridized carbons (Fsp3) is 0.647. The number of anilines is 1. The molecule has 2 heterocycles. The van der Waals surface area contributed by atoms with Gasteiger partial charge in [-0.15, -0.1) is 0 Å². The van der Waals surface area contributed by atoms with E-state index in [4.69, 9.17) is 5.14 Å². The second-order valence-corrected chi connectivity index (χ2v) is 8.72. The maximum Gasteiger partial charge on any atom is 0.417 e. The molecule has 10 heteroatoms. The van der Waals surface area contributed by atoms with Crippen molar-refractivity contribution in [2.24, 2.45) is 5.14 Å². The quantitative estimate of drug-likeness (QED) is 0.777. The van der Waals surface area contributed by atoms with Crippen LogP contribution in [0.15, 0.2) is 23.1 Å². The Balaban J connectivity index is 1.88. The zero-order chi connectivity index (χ0) is 19.8. The van der Waals surface area contributed by atoms with E-state index in [9.17, 15) is 26.7 Å². The molecule has 6 nitrogen and oxygen atoms in total. The summed E-state index contributed by atoms with van der Waals surface area (Å²) in [5.41, 5.74) is -0.889.